The zero-order chi connectivity index (χ0) is 24.8. The number of nitrogens with zero attached hydrogens (tertiary/aromatic N) is 1. The van der Waals surface area contributed by atoms with Gasteiger partial charge in [0.25, 0.3) is 11.7 Å². The Morgan fingerprint density at radius 3 is 2.51 bits per heavy atom. The number of ketones is 1. The largest absolute Gasteiger partial charge is 0.507 e. The van der Waals surface area contributed by atoms with Crippen LogP contribution in [0.5, 0.6) is 5.75 Å². The Morgan fingerprint density at radius 2 is 1.77 bits per heavy atom. The Kier molecular flexibility index (Phi) is 7.88. The zero-order valence-electron chi connectivity index (χ0n) is 19.6. The van der Waals surface area contributed by atoms with Gasteiger partial charge in [-0.1, -0.05) is 79.5 Å². The molecule has 1 aliphatic heterocycles. The highest BCUT2D eigenvalue weighted by Crippen LogP contribution is 2.40. The highest BCUT2D eigenvalue weighted by atomic mass is 35.5. The molecule has 0 spiro atoms. The van der Waals surface area contributed by atoms with Crippen LogP contribution >= 0.6 is 11.6 Å². The van der Waals surface area contributed by atoms with Crippen LogP contribution in [0.3, 0.4) is 0 Å². The first-order valence-corrected chi connectivity index (χ1v) is 12.2. The average molecular weight is 490 g/mol. The summed E-state index contributed by atoms with van der Waals surface area (Å²) in [6.07, 6.45) is 2.49. The SMILES string of the molecule is CCCCOc1cccc(C(O)=C2C(=O)C(=O)N(CCc3ccccc3)C2c2cccc(Cl)c2)c1. The third-order valence-corrected chi connectivity index (χ3v) is 6.30. The van der Waals surface area contributed by atoms with Gasteiger partial charge in [0.1, 0.15) is 11.5 Å². The van der Waals surface area contributed by atoms with Crippen LogP contribution in [0.15, 0.2) is 84.4 Å². The smallest absolute Gasteiger partial charge is 0.295 e. The summed E-state index contributed by atoms with van der Waals surface area (Å²) in [6.45, 7) is 2.97. The highest BCUT2D eigenvalue weighted by molar-refractivity contribution is 6.46. The van der Waals surface area contributed by atoms with Gasteiger partial charge in [0.2, 0.25) is 0 Å². The Bertz CT molecular complexity index is 1240. The molecule has 1 fully saturated rings. The first-order valence-electron chi connectivity index (χ1n) is 11.8. The van der Waals surface area contributed by atoms with Gasteiger partial charge in [-0.15, -0.1) is 0 Å². The normalized spacial score (nSPS) is 17.1. The molecule has 0 aliphatic carbocycles. The van der Waals surface area contributed by atoms with Gasteiger partial charge in [0, 0.05) is 17.1 Å². The number of hydrogen-bond donors (Lipinski definition) is 1. The molecule has 3 aromatic carbocycles. The molecule has 1 N–H and O–H groups in total. The Morgan fingerprint density at radius 1 is 1.00 bits per heavy atom. The number of amides is 1. The Labute approximate surface area is 210 Å². The number of rotatable bonds is 9. The summed E-state index contributed by atoms with van der Waals surface area (Å²) < 4.78 is 5.77. The predicted molar refractivity (Wildman–Crippen MR) is 137 cm³/mol. The minimum absolute atomic E-state index is 0.0519. The monoisotopic (exact) mass is 489 g/mol. The standard InChI is InChI=1S/C29H28ClNO4/c1-2-3-17-35-24-14-8-12-22(19-24)27(32)25-26(21-11-7-13-23(30)18-21)31(29(34)28(25)33)16-15-20-9-5-4-6-10-20/h4-14,18-19,26,32H,2-3,15-17H2,1H3. The van der Waals surface area contributed by atoms with Crippen molar-refractivity contribution < 1.29 is 19.4 Å². The maximum atomic E-state index is 13.2. The van der Waals surface area contributed by atoms with E-state index >= 15 is 0 Å². The number of hydrogen-bond acceptors (Lipinski definition) is 4. The molecule has 0 radical (unpaired) electrons. The average Bonchev–Trinajstić information content (AvgIpc) is 3.13. The van der Waals surface area contributed by atoms with Gasteiger partial charge in [-0.3, -0.25) is 9.59 Å². The molecule has 180 valence electrons. The Balaban J connectivity index is 1.74. The van der Waals surface area contributed by atoms with E-state index in [4.69, 9.17) is 16.3 Å². The van der Waals surface area contributed by atoms with Gasteiger partial charge < -0.3 is 14.7 Å². The van der Waals surface area contributed by atoms with Crippen molar-refractivity contribution in [1.29, 1.82) is 0 Å². The van der Waals surface area contributed by atoms with E-state index in [2.05, 4.69) is 6.92 Å². The first-order chi connectivity index (χ1) is 17.0. The minimum Gasteiger partial charge on any atom is -0.507 e. The van der Waals surface area contributed by atoms with E-state index in [0.29, 0.717) is 41.5 Å². The fourth-order valence-electron chi connectivity index (χ4n) is 4.25. The molecule has 4 rings (SSSR count). The van der Waals surface area contributed by atoms with Gasteiger partial charge in [-0.2, -0.15) is 0 Å². The van der Waals surface area contributed by atoms with E-state index in [1.54, 1.807) is 42.5 Å². The Hall–Kier alpha value is -3.57. The second-order valence-electron chi connectivity index (χ2n) is 8.51. The van der Waals surface area contributed by atoms with Gasteiger partial charge in [0.05, 0.1) is 18.2 Å². The van der Waals surface area contributed by atoms with Crippen molar-refractivity contribution in [2.24, 2.45) is 0 Å². The van der Waals surface area contributed by atoms with Crippen molar-refractivity contribution in [2.75, 3.05) is 13.2 Å². The number of likely N-dealkylation sites (tertiary alicyclic amines) is 1. The molecule has 5 nitrogen and oxygen atoms in total. The topological polar surface area (TPSA) is 66.8 Å². The van der Waals surface area contributed by atoms with Crippen LogP contribution in [-0.2, 0) is 16.0 Å². The van der Waals surface area contributed by atoms with Crippen LogP contribution in [-0.4, -0.2) is 34.8 Å². The van der Waals surface area contributed by atoms with E-state index in [9.17, 15) is 14.7 Å². The van der Waals surface area contributed by atoms with Crippen LogP contribution in [0.25, 0.3) is 5.76 Å². The fraction of sp³-hybridized carbons (Fsp3) is 0.241. The van der Waals surface area contributed by atoms with Gasteiger partial charge in [-0.25, -0.2) is 0 Å². The summed E-state index contributed by atoms with van der Waals surface area (Å²) in [5.74, 6) is -0.975. The number of Topliss-reactive ketones (excluding diaryl/α,β-unsaturated/α-hetero) is 1. The van der Waals surface area contributed by atoms with Gasteiger partial charge in [-0.05, 0) is 48.2 Å². The van der Waals surface area contributed by atoms with Gasteiger partial charge >= 0.3 is 0 Å². The second kappa shape index (κ2) is 11.2. The number of carbonyl (C=O) groups is 2. The molecular weight excluding hydrogens is 462 g/mol. The third-order valence-electron chi connectivity index (χ3n) is 6.06. The quantitative estimate of drug-likeness (QED) is 0.168. The first kappa shape index (κ1) is 24.6. The van der Waals surface area contributed by atoms with Crippen LogP contribution in [0, 0.1) is 0 Å². The van der Waals surface area contributed by atoms with Gasteiger partial charge in [0.15, 0.2) is 0 Å². The minimum atomic E-state index is -0.748. The number of aliphatic hydroxyl groups is 1. The summed E-state index contributed by atoms with van der Waals surface area (Å²) in [5.41, 5.74) is 2.20. The van der Waals surface area contributed by atoms with E-state index in [1.807, 2.05) is 36.4 Å². The van der Waals surface area contributed by atoms with E-state index in [1.165, 1.54) is 4.90 Å². The van der Waals surface area contributed by atoms with Crippen molar-refractivity contribution in [3.63, 3.8) is 0 Å². The van der Waals surface area contributed by atoms with Crippen LogP contribution < -0.4 is 4.74 Å². The van der Waals surface area contributed by atoms with Crippen LogP contribution in [0.1, 0.15) is 42.5 Å². The molecule has 35 heavy (non-hydrogen) atoms. The van der Waals surface area contributed by atoms with E-state index < -0.39 is 17.7 Å². The molecule has 0 bridgehead atoms. The highest BCUT2D eigenvalue weighted by Gasteiger charge is 2.45. The van der Waals surface area contributed by atoms with Crippen molar-refractivity contribution in [3.8, 4) is 5.75 Å². The molecule has 1 saturated heterocycles. The molecular formula is C29H28ClNO4. The number of carbonyl (C=O) groups excluding carboxylic acids is 2. The van der Waals surface area contributed by atoms with Crippen molar-refractivity contribution in [1.82, 2.24) is 4.90 Å². The lowest BCUT2D eigenvalue weighted by Crippen LogP contribution is -2.31. The molecule has 0 aromatic heterocycles. The maximum Gasteiger partial charge on any atom is 0.295 e. The van der Waals surface area contributed by atoms with E-state index in [-0.39, 0.29) is 11.3 Å². The summed E-state index contributed by atoms with van der Waals surface area (Å²) >= 11 is 6.26. The van der Waals surface area contributed by atoms with Crippen molar-refractivity contribution in [2.45, 2.75) is 32.2 Å². The molecule has 1 amide bonds. The molecule has 3 aromatic rings. The van der Waals surface area contributed by atoms with Crippen molar-refractivity contribution in [3.05, 3.63) is 106 Å². The third kappa shape index (κ3) is 5.57. The summed E-state index contributed by atoms with van der Waals surface area (Å²) in [5, 5.41) is 11.8. The number of benzene rings is 3. The van der Waals surface area contributed by atoms with Crippen LogP contribution in [0.2, 0.25) is 5.02 Å². The fourth-order valence-corrected chi connectivity index (χ4v) is 4.45. The second-order valence-corrected chi connectivity index (χ2v) is 8.95. The number of halogens is 1. The molecule has 1 atom stereocenters. The summed E-state index contributed by atoms with van der Waals surface area (Å²) in [7, 11) is 0. The molecule has 1 heterocycles. The van der Waals surface area contributed by atoms with Crippen molar-refractivity contribution >= 4 is 29.1 Å². The molecule has 1 unspecified atom stereocenters. The zero-order valence-corrected chi connectivity index (χ0v) is 20.4. The number of aliphatic hydroxyl groups excluding tert-OH is 1. The predicted octanol–water partition coefficient (Wildman–Crippen LogP) is 6.18. The number of unbranched alkanes of at least 4 members (excludes halogenated alkanes) is 1. The molecule has 6 heteroatoms. The van der Waals surface area contributed by atoms with E-state index in [0.717, 1.165) is 18.4 Å². The molecule has 1 aliphatic rings. The lowest BCUT2D eigenvalue weighted by molar-refractivity contribution is -0.139. The summed E-state index contributed by atoms with van der Waals surface area (Å²) in [4.78, 5) is 27.9. The molecule has 0 saturated carbocycles. The lowest BCUT2D eigenvalue weighted by atomic mass is 9.95. The maximum absolute atomic E-state index is 13.2. The summed E-state index contributed by atoms with van der Waals surface area (Å²) in [6, 6.07) is 23.0. The van der Waals surface area contributed by atoms with Crippen LogP contribution in [0.4, 0.5) is 0 Å². The lowest BCUT2D eigenvalue weighted by Gasteiger charge is -2.25. The number of ether oxygens (including phenoxy) is 1.